The molecule has 88 valence electrons. The second-order valence-electron chi connectivity index (χ2n) is 4.05. The quantitative estimate of drug-likeness (QED) is 0.711. The maximum Gasteiger partial charge on any atom is 0.194 e. The Labute approximate surface area is 97.6 Å². The number of aryl methyl sites for hydroxylation is 1. The number of hydrogen-bond donors (Lipinski definition) is 0. The van der Waals surface area contributed by atoms with Gasteiger partial charge in [-0.05, 0) is 25.3 Å². The number of methoxy groups -OCH3 is 1. The van der Waals surface area contributed by atoms with Gasteiger partial charge in [0.05, 0.1) is 0 Å². The van der Waals surface area contributed by atoms with Crippen molar-refractivity contribution in [1.29, 1.82) is 0 Å². The highest BCUT2D eigenvalue weighted by molar-refractivity contribution is 6.03. The normalized spacial score (nSPS) is 11.5. The highest BCUT2D eigenvalue weighted by Gasteiger charge is 2.35. The summed E-state index contributed by atoms with van der Waals surface area (Å²) in [6.45, 7) is 5.94. The summed E-state index contributed by atoms with van der Waals surface area (Å²) in [7, 11) is 1.61. The highest BCUT2D eigenvalue weighted by atomic mass is 16.5. The molecule has 0 unspecified atom stereocenters. The van der Waals surface area contributed by atoms with Crippen LogP contribution in [0.2, 0.25) is 0 Å². The molecule has 0 amide bonds. The fraction of sp³-hybridized carbons (Fsp3) is 0.500. The Bertz CT molecular complexity index is 356. The van der Waals surface area contributed by atoms with Crippen LogP contribution >= 0.6 is 0 Å². The Balaban J connectivity index is 3.14. The lowest BCUT2D eigenvalue weighted by molar-refractivity contribution is -0.00266. The predicted molar refractivity (Wildman–Crippen MR) is 65.8 cm³/mol. The van der Waals surface area contributed by atoms with Crippen LogP contribution < -0.4 is 0 Å². The molecule has 0 radical (unpaired) electrons. The van der Waals surface area contributed by atoms with E-state index in [4.69, 9.17) is 4.74 Å². The Morgan fingerprint density at radius 2 is 1.81 bits per heavy atom. The van der Waals surface area contributed by atoms with Crippen LogP contribution in [0.25, 0.3) is 0 Å². The van der Waals surface area contributed by atoms with E-state index in [1.54, 1.807) is 7.11 Å². The molecular weight excluding hydrogens is 200 g/mol. The zero-order valence-electron chi connectivity index (χ0n) is 10.5. The first-order valence-electron chi connectivity index (χ1n) is 5.77. The average molecular weight is 220 g/mol. The smallest absolute Gasteiger partial charge is 0.194 e. The summed E-state index contributed by atoms with van der Waals surface area (Å²) in [6, 6.07) is 7.67. The number of benzene rings is 1. The number of hydrogen-bond acceptors (Lipinski definition) is 2. The highest BCUT2D eigenvalue weighted by Crippen LogP contribution is 2.26. The third-order valence-electron chi connectivity index (χ3n) is 3.34. The van der Waals surface area contributed by atoms with Crippen molar-refractivity contribution in [2.45, 2.75) is 39.2 Å². The van der Waals surface area contributed by atoms with Crippen molar-refractivity contribution in [2.24, 2.45) is 0 Å². The van der Waals surface area contributed by atoms with E-state index in [1.807, 2.05) is 45.0 Å². The number of carbonyl (C=O) groups excluding carboxylic acids is 1. The number of ketones is 1. The van der Waals surface area contributed by atoms with E-state index >= 15 is 0 Å². The number of rotatable bonds is 5. The van der Waals surface area contributed by atoms with Crippen LogP contribution in [-0.4, -0.2) is 18.5 Å². The first kappa shape index (κ1) is 12.9. The maximum atomic E-state index is 12.5. The molecule has 0 fully saturated rings. The molecule has 0 bridgehead atoms. The van der Waals surface area contributed by atoms with Crippen LogP contribution in [0.1, 0.15) is 42.6 Å². The minimum atomic E-state index is -0.661. The van der Waals surface area contributed by atoms with Crippen molar-refractivity contribution in [1.82, 2.24) is 0 Å². The zero-order chi connectivity index (χ0) is 12.2. The van der Waals surface area contributed by atoms with E-state index in [0.717, 1.165) is 11.1 Å². The van der Waals surface area contributed by atoms with Gasteiger partial charge in [0.2, 0.25) is 0 Å². The van der Waals surface area contributed by atoms with E-state index in [-0.39, 0.29) is 5.78 Å². The molecular formula is C14H20O2. The molecule has 0 aliphatic rings. The maximum absolute atomic E-state index is 12.5. The third-order valence-corrected chi connectivity index (χ3v) is 3.34. The Morgan fingerprint density at radius 3 is 2.25 bits per heavy atom. The summed E-state index contributed by atoms with van der Waals surface area (Å²) in [6.07, 6.45) is 1.40. The number of ether oxygens (including phenoxy) is 1. The van der Waals surface area contributed by atoms with Crippen molar-refractivity contribution in [3.63, 3.8) is 0 Å². The van der Waals surface area contributed by atoms with Gasteiger partial charge in [0, 0.05) is 12.7 Å². The molecule has 2 nitrogen and oxygen atoms in total. The third kappa shape index (κ3) is 2.17. The molecule has 1 rings (SSSR count). The van der Waals surface area contributed by atoms with Gasteiger partial charge in [-0.3, -0.25) is 4.79 Å². The van der Waals surface area contributed by atoms with Crippen molar-refractivity contribution < 1.29 is 9.53 Å². The molecule has 0 N–H and O–H groups in total. The average Bonchev–Trinajstić information content (AvgIpc) is 2.32. The molecule has 0 aliphatic heterocycles. The van der Waals surface area contributed by atoms with Gasteiger partial charge in [-0.15, -0.1) is 0 Å². The van der Waals surface area contributed by atoms with Crippen molar-refractivity contribution in [3.8, 4) is 0 Å². The van der Waals surface area contributed by atoms with Crippen molar-refractivity contribution in [3.05, 3.63) is 35.4 Å². The minimum absolute atomic E-state index is 0.0955. The second-order valence-corrected chi connectivity index (χ2v) is 4.05. The molecule has 0 aromatic heterocycles. The summed E-state index contributed by atoms with van der Waals surface area (Å²) >= 11 is 0. The fourth-order valence-electron chi connectivity index (χ4n) is 2.03. The van der Waals surface area contributed by atoms with Gasteiger partial charge >= 0.3 is 0 Å². The van der Waals surface area contributed by atoms with Gasteiger partial charge < -0.3 is 4.74 Å². The summed E-state index contributed by atoms with van der Waals surface area (Å²) in [4.78, 5) is 12.5. The van der Waals surface area contributed by atoms with Gasteiger partial charge in [-0.25, -0.2) is 0 Å². The fourth-order valence-corrected chi connectivity index (χ4v) is 2.03. The van der Waals surface area contributed by atoms with Crippen LogP contribution in [0.15, 0.2) is 24.3 Å². The van der Waals surface area contributed by atoms with Crippen LogP contribution in [0.3, 0.4) is 0 Å². The van der Waals surface area contributed by atoms with E-state index in [0.29, 0.717) is 12.8 Å². The number of carbonyl (C=O) groups is 1. The standard InChI is InChI=1S/C14H20O2/c1-5-14(6-2,16-4)13(15)12-10-8-7-9-11(12)3/h7-10H,5-6H2,1-4H3. The van der Waals surface area contributed by atoms with Crippen LogP contribution in [0.5, 0.6) is 0 Å². The van der Waals surface area contributed by atoms with Gasteiger partial charge in [0.25, 0.3) is 0 Å². The SMILES string of the molecule is CCC(CC)(OC)C(=O)c1ccccc1C. The van der Waals surface area contributed by atoms with Gasteiger partial charge in [-0.2, -0.15) is 0 Å². The largest absolute Gasteiger partial charge is 0.370 e. The van der Waals surface area contributed by atoms with E-state index in [1.165, 1.54) is 0 Å². The lowest BCUT2D eigenvalue weighted by atomic mass is 9.86. The van der Waals surface area contributed by atoms with E-state index in [9.17, 15) is 4.79 Å². The van der Waals surface area contributed by atoms with Crippen molar-refractivity contribution in [2.75, 3.05) is 7.11 Å². The summed E-state index contributed by atoms with van der Waals surface area (Å²) in [5.41, 5.74) is 1.12. The molecule has 0 atom stereocenters. The molecule has 1 aromatic rings. The summed E-state index contributed by atoms with van der Waals surface area (Å²) in [5.74, 6) is 0.0955. The van der Waals surface area contributed by atoms with E-state index in [2.05, 4.69) is 0 Å². The lowest BCUT2D eigenvalue weighted by Crippen LogP contribution is -2.39. The Hall–Kier alpha value is -1.15. The molecule has 0 heterocycles. The monoisotopic (exact) mass is 220 g/mol. The molecule has 1 aromatic carbocycles. The Kier molecular flexibility index (Phi) is 4.25. The van der Waals surface area contributed by atoms with Crippen LogP contribution in [-0.2, 0) is 4.74 Å². The lowest BCUT2D eigenvalue weighted by Gasteiger charge is -2.29. The first-order chi connectivity index (χ1) is 7.61. The summed E-state index contributed by atoms with van der Waals surface area (Å²) < 4.78 is 5.46. The van der Waals surface area contributed by atoms with Crippen LogP contribution in [0, 0.1) is 6.92 Å². The first-order valence-corrected chi connectivity index (χ1v) is 5.77. The molecule has 0 spiro atoms. The second kappa shape index (κ2) is 5.26. The topological polar surface area (TPSA) is 26.3 Å². The molecule has 16 heavy (non-hydrogen) atoms. The minimum Gasteiger partial charge on any atom is -0.370 e. The Morgan fingerprint density at radius 1 is 1.25 bits per heavy atom. The zero-order valence-corrected chi connectivity index (χ0v) is 10.5. The van der Waals surface area contributed by atoms with Gasteiger partial charge in [-0.1, -0.05) is 38.1 Å². The summed E-state index contributed by atoms with van der Waals surface area (Å²) in [5, 5.41) is 0. The number of Topliss-reactive ketones (excluding diaryl/α,β-unsaturated/α-hetero) is 1. The molecule has 0 saturated heterocycles. The van der Waals surface area contributed by atoms with Crippen molar-refractivity contribution >= 4 is 5.78 Å². The van der Waals surface area contributed by atoms with E-state index < -0.39 is 5.60 Å². The predicted octanol–water partition coefficient (Wildman–Crippen LogP) is 3.38. The molecule has 0 saturated carbocycles. The van der Waals surface area contributed by atoms with Gasteiger partial charge in [0.1, 0.15) is 5.60 Å². The van der Waals surface area contributed by atoms with Crippen LogP contribution in [0.4, 0.5) is 0 Å². The molecule has 0 aliphatic carbocycles. The molecule has 2 heteroatoms. The van der Waals surface area contributed by atoms with Gasteiger partial charge in [0.15, 0.2) is 5.78 Å².